The Morgan fingerprint density at radius 1 is 1.03 bits per heavy atom. The first-order valence-electron chi connectivity index (χ1n) is 10.2. The fourth-order valence-corrected chi connectivity index (χ4v) is 5.56. The Labute approximate surface area is 192 Å². The number of hydrogen-bond donors (Lipinski definition) is 0. The third-order valence-electron chi connectivity index (χ3n) is 5.11. The Kier molecular flexibility index (Phi) is 8.05. The van der Waals surface area contributed by atoms with E-state index in [2.05, 4.69) is 23.7 Å². The minimum atomic E-state index is -3.59. The van der Waals surface area contributed by atoms with Crippen molar-refractivity contribution in [3.8, 4) is 0 Å². The lowest BCUT2D eigenvalue weighted by Gasteiger charge is -2.24. The number of anilines is 1. The van der Waals surface area contributed by atoms with E-state index in [-0.39, 0.29) is 23.0 Å². The van der Waals surface area contributed by atoms with Crippen LogP contribution in [-0.2, 0) is 14.6 Å². The minimum Gasteiger partial charge on any atom is -0.302 e. The predicted octanol–water partition coefficient (Wildman–Crippen LogP) is 4.49. The normalized spacial score (nSPS) is 11.9. The first-order chi connectivity index (χ1) is 14.8. The van der Waals surface area contributed by atoms with Crippen molar-refractivity contribution in [2.75, 3.05) is 36.8 Å². The van der Waals surface area contributed by atoms with Crippen LogP contribution in [0.4, 0.5) is 5.13 Å². The third kappa shape index (κ3) is 6.04. The molecule has 1 heterocycles. The first kappa shape index (κ1) is 23.7. The lowest BCUT2D eigenvalue weighted by molar-refractivity contribution is -0.118. The third-order valence-corrected chi connectivity index (χ3v) is 8.15. The van der Waals surface area contributed by atoms with Gasteiger partial charge in [0.25, 0.3) is 0 Å². The summed E-state index contributed by atoms with van der Waals surface area (Å²) >= 11 is 7.29. The lowest BCUT2D eigenvalue weighted by atomic mass is 10.3. The number of rotatable bonds is 10. The van der Waals surface area contributed by atoms with Crippen molar-refractivity contribution in [2.24, 2.45) is 0 Å². The van der Waals surface area contributed by atoms with Crippen LogP contribution in [0.5, 0.6) is 0 Å². The second kappa shape index (κ2) is 10.5. The highest BCUT2D eigenvalue weighted by Gasteiger charge is 2.23. The summed E-state index contributed by atoms with van der Waals surface area (Å²) in [6, 6.07) is 13.7. The van der Waals surface area contributed by atoms with E-state index in [1.54, 1.807) is 4.90 Å². The van der Waals surface area contributed by atoms with Crippen LogP contribution in [0.25, 0.3) is 10.2 Å². The van der Waals surface area contributed by atoms with Gasteiger partial charge >= 0.3 is 0 Å². The van der Waals surface area contributed by atoms with Gasteiger partial charge in [-0.1, -0.05) is 48.9 Å². The maximum atomic E-state index is 13.1. The molecule has 166 valence electrons. The highest BCUT2D eigenvalue weighted by atomic mass is 35.5. The van der Waals surface area contributed by atoms with Gasteiger partial charge in [-0.2, -0.15) is 0 Å². The van der Waals surface area contributed by atoms with Gasteiger partial charge in [-0.05, 0) is 49.5 Å². The smallest absolute Gasteiger partial charge is 0.229 e. The van der Waals surface area contributed by atoms with Crippen molar-refractivity contribution in [3.05, 3.63) is 53.6 Å². The molecule has 0 saturated heterocycles. The number of sulfone groups is 1. The van der Waals surface area contributed by atoms with Gasteiger partial charge in [0.15, 0.2) is 15.0 Å². The summed E-state index contributed by atoms with van der Waals surface area (Å²) in [7, 11) is -3.59. The van der Waals surface area contributed by atoms with Crippen molar-refractivity contribution in [1.29, 1.82) is 0 Å². The molecule has 0 saturated carbocycles. The molecule has 0 unspecified atom stereocenters. The second-order valence-corrected chi connectivity index (χ2v) is 10.6. The van der Waals surface area contributed by atoms with Gasteiger partial charge in [0.05, 0.1) is 20.9 Å². The highest BCUT2D eigenvalue weighted by Crippen LogP contribution is 2.29. The van der Waals surface area contributed by atoms with Crippen molar-refractivity contribution >= 4 is 54.0 Å². The number of nitrogens with zero attached hydrogens (tertiary/aromatic N) is 3. The minimum absolute atomic E-state index is 0.112. The van der Waals surface area contributed by atoms with Gasteiger partial charge in [-0.25, -0.2) is 13.4 Å². The highest BCUT2D eigenvalue weighted by molar-refractivity contribution is 7.91. The van der Waals surface area contributed by atoms with E-state index in [0.717, 1.165) is 23.3 Å². The SMILES string of the molecule is CCN(CC)CCN(C(=O)CCS(=O)(=O)c1ccc(Cl)cc1)c1nc2ccccc2s1. The summed E-state index contributed by atoms with van der Waals surface area (Å²) in [6.07, 6.45) is -0.112. The molecule has 31 heavy (non-hydrogen) atoms. The number of aromatic nitrogens is 1. The fourth-order valence-electron chi connectivity index (χ4n) is 3.20. The van der Waals surface area contributed by atoms with E-state index in [4.69, 9.17) is 11.6 Å². The Hall–Kier alpha value is -2.00. The molecule has 6 nitrogen and oxygen atoms in total. The summed E-state index contributed by atoms with van der Waals surface area (Å²) in [6.45, 7) is 7.06. The van der Waals surface area contributed by atoms with Crippen molar-refractivity contribution in [1.82, 2.24) is 9.88 Å². The van der Waals surface area contributed by atoms with Crippen LogP contribution >= 0.6 is 22.9 Å². The van der Waals surface area contributed by atoms with Crippen LogP contribution in [0.1, 0.15) is 20.3 Å². The zero-order valence-corrected chi connectivity index (χ0v) is 20.0. The predicted molar refractivity (Wildman–Crippen MR) is 128 cm³/mol. The van der Waals surface area contributed by atoms with Gasteiger partial charge < -0.3 is 4.90 Å². The zero-order valence-electron chi connectivity index (χ0n) is 17.6. The van der Waals surface area contributed by atoms with Crippen LogP contribution in [0.15, 0.2) is 53.4 Å². The number of halogens is 1. The van der Waals surface area contributed by atoms with E-state index in [9.17, 15) is 13.2 Å². The second-order valence-electron chi connectivity index (χ2n) is 7.06. The maximum Gasteiger partial charge on any atom is 0.229 e. The number of carbonyl (C=O) groups excluding carboxylic acids is 1. The molecule has 2 aromatic carbocycles. The van der Waals surface area contributed by atoms with E-state index in [1.807, 2.05) is 24.3 Å². The Morgan fingerprint density at radius 3 is 2.35 bits per heavy atom. The molecule has 0 spiro atoms. The number of thiazole rings is 1. The molecule has 0 atom stereocenters. The molecule has 3 aromatic rings. The molecule has 0 N–H and O–H groups in total. The number of hydrogen-bond acceptors (Lipinski definition) is 6. The van der Waals surface area contributed by atoms with Crippen LogP contribution in [0.3, 0.4) is 0 Å². The van der Waals surface area contributed by atoms with Gasteiger partial charge in [0.2, 0.25) is 5.91 Å². The van der Waals surface area contributed by atoms with Crippen LogP contribution < -0.4 is 4.90 Å². The van der Waals surface area contributed by atoms with Gasteiger partial charge in [-0.3, -0.25) is 9.69 Å². The quantitative estimate of drug-likeness (QED) is 0.428. The molecule has 0 radical (unpaired) electrons. The fraction of sp³-hybridized carbons (Fsp3) is 0.364. The molecule has 1 aromatic heterocycles. The number of para-hydroxylation sites is 1. The molecule has 1 amide bonds. The summed E-state index contributed by atoms with van der Waals surface area (Å²) in [5, 5.41) is 1.07. The molecule has 0 bridgehead atoms. The number of carbonyl (C=O) groups is 1. The van der Waals surface area contributed by atoms with E-state index >= 15 is 0 Å². The van der Waals surface area contributed by atoms with Gasteiger partial charge in [0.1, 0.15) is 0 Å². The molecule has 0 aliphatic heterocycles. The number of benzene rings is 2. The molecule has 0 aliphatic carbocycles. The summed E-state index contributed by atoms with van der Waals surface area (Å²) in [4.78, 5) is 21.8. The first-order valence-corrected chi connectivity index (χ1v) is 13.1. The largest absolute Gasteiger partial charge is 0.302 e. The van der Waals surface area contributed by atoms with E-state index in [0.29, 0.717) is 23.2 Å². The van der Waals surface area contributed by atoms with Crippen LogP contribution in [0, 0.1) is 0 Å². The Bertz CT molecular complexity index is 1090. The van der Waals surface area contributed by atoms with Crippen molar-refractivity contribution in [2.45, 2.75) is 25.2 Å². The number of likely N-dealkylation sites (N-methyl/N-ethyl adjacent to an activating group) is 1. The Balaban J connectivity index is 1.78. The molecule has 0 fully saturated rings. The average Bonchev–Trinajstić information content (AvgIpc) is 3.19. The summed E-state index contributed by atoms with van der Waals surface area (Å²) < 4.78 is 26.3. The zero-order chi connectivity index (χ0) is 22.4. The summed E-state index contributed by atoms with van der Waals surface area (Å²) in [5.74, 6) is -0.510. The molecule has 0 aliphatic rings. The molecular formula is C22H26ClN3O3S2. The van der Waals surface area contributed by atoms with Crippen molar-refractivity contribution < 1.29 is 13.2 Å². The molecule has 9 heteroatoms. The Morgan fingerprint density at radius 2 is 1.71 bits per heavy atom. The standard InChI is InChI=1S/C22H26ClN3O3S2/c1-3-25(4-2)14-15-26(22-24-19-7-5-6-8-20(19)30-22)21(27)13-16-31(28,29)18-11-9-17(23)10-12-18/h5-12H,3-4,13-16H2,1-2H3. The molecule has 3 rings (SSSR count). The number of fused-ring (bicyclic) bond motifs is 1. The topological polar surface area (TPSA) is 70.6 Å². The van der Waals surface area contributed by atoms with Gasteiger partial charge in [0, 0.05) is 24.5 Å². The van der Waals surface area contributed by atoms with E-state index < -0.39 is 9.84 Å². The van der Waals surface area contributed by atoms with Gasteiger partial charge in [-0.15, -0.1) is 0 Å². The van der Waals surface area contributed by atoms with Crippen LogP contribution in [0.2, 0.25) is 5.02 Å². The van der Waals surface area contributed by atoms with E-state index in [1.165, 1.54) is 35.6 Å². The lowest BCUT2D eigenvalue weighted by Crippen LogP contribution is -2.39. The number of amides is 1. The monoisotopic (exact) mass is 479 g/mol. The maximum absolute atomic E-state index is 13.1. The summed E-state index contributed by atoms with van der Waals surface area (Å²) in [5.41, 5.74) is 0.830. The average molecular weight is 480 g/mol. The van der Waals surface area contributed by atoms with Crippen molar-refractivity contribution in [3.63, 3.8) is 0 Å². The molecular weight excluding hydrogens is 454 g/mol. The van der Waals surface area contributed by atoms with Crippen LogP contribution in [-0.4, -0.2) is 56.1 Å².